The molecule has 0 atom stereocenters. The lowest BCUT2D eigenvalue weighted by Crippen LogP contribution is -2.29. The molecule has 1 amide bonds. The molecule has 2 heterocycles. The molecule has 0 spiro atoms. The van der Waals surface area contributed by atoms with Gasteiger partial charge in [-0.2, -0.15) is 0 Å². The first-order valence-electron chi connectivity index (χ1n) is 9.93. The molecule has 0 unspecified atom stereocenters. The zero-order chi connectivity index (χ0) is 23.7. The van der Waals surface area contributed by atoms with Crippen LogP contribution >= 0.6 is 24.0 Å². The molecule has 4 rings (SSSR count). The van der Waals surface area contributed by atoms with Crippen molar-refractivity contribution in [2.75, 3.05) is 6.54 Å². The number of amides is 1. The molecule has 170 valence electrons. The second kappa shape index (κ2) is 9.32. The van der Waals surface area contributed by atoms with Gasteiger partial charge in [0.2, 0.25) is 5.88 Å². The van der Waals surface area contributed by atoms with E-state index in [-0.39, 0.29) is 36.9 Å². The summed E-state index contributed by atoms with van der Waals surface area (Å²) in [6, 6.07) is 10.4. The predicted octanol–water partition coefficient (Wildman–Crippen LogP) is 5.31. The lowest BCUT2D eigenvalue weighted by atomic mass is 10.1. The number of thiocarbonyl (C=S) groups is 1. The summed E-state index contributed by atoms with van der Waals surface area (Å²) in [4.78, 5) is 25.5. The second-order valence-electron chi connectivity index (χ2n) is 7.30. The average molecular weight is 489 g/mol. The Bertz CT molecular complexity index is 1320. The molecule has 6 nitrogen and oxygen atoms in total. The van der Waals surface area contributed by atoms with Crippen LogP contribution in [0.3, 0.4) is 0 Å². The number of hydrogen-bond acceptors (Lipinski definition) is 5. The zero-order valence-electron chi connectivity index (χ0n) is 17.4. The number of carbonyl (C=O) groups is 2. The molecule has 33 heavy (non-hydrogen) atoms. The summed E-state index contributed by atoms with van der Waals surface area (Å²) in [5.74, 6) is -2.72. The Morgan fingerprint density at radius 1 is 1.24 bits per heavy atom. The van der Waals surface area contributed by atoms with Crippen LogP contribution in [0.2, 0.25) is 0 Å². The molecule has 0 aliphatic carbocycles. The van der Waals surface area contributed by atoms with Crippen LogP contribution in [0.1, 0.15) is 18.4 Å². The number of aliphatic carboxylic acids is 1. The molecule has 1 aliphatic heterocycles. The molecule has 3 aromatic rings. The number of hydrogen-bond donors (Lipinski definition) is 1. The number of rotatable bonds is 7. The summed E-state index contributed by atoms with van der Waals surface area (Å²) in [7, 11) is 1.74. The summed E-state index contributed by atoms with van der Waals surface area (Å²) >= 11 is 6.42. The van der Waals surface area contributed by atoms with Gasteiger partial charge in [0.05, 0.1) is 10.4 Å². The Morgan fingerprint density at radius 3 is 2.73 bits per heavy atom. The molecule has 1 saturated heterocycles. The van der Waals surface area contributed by atoms with E-state index in [0.29, 0.717) is 14.8 Å². The topological polar surface area (TPSA) is 71.8 Å². The molecule has 0 saturated carbocycles. The minimum Gasteiger partial charge on any atom is -0.481 e. The summed E-state index contributed by atoms with van der Waals surface area (Å²) in [6.45, 7) is 0.202. The van der Waals surface area contributed by atoms with Crippen LogP contribution in [0, 0.1) is 11.6 Å². The van der Waals surface area contributed by atoms with E-state index >= 15 is 0 Å². The average Bonchev–Trinajstić information content (AvgIpc) is 3.18. The first-order chi connectivity index (χ1) is 15.8. The lowest BCUT2D eigenvalue weighted by Gasteiger charge is -2.13. The van der Waals surface area contributed by atoms with Crippen molar-refractivity contribution in [1.82, 2.24) is 9.47 Å². The van der Waals surface area contributed by atoms with Crippen molar-refractivity contribution in [2.45, 2.75) is 12.8 Å². The Balaban J connectivity index is 1.73. The van der Waals surface area contributed by atoms with Gasteiger partial charge in [0.15, 0.2) is 11.6 Å². The fourth-order valence-corrected chi connectivity index (χ4v) is 4.83. The summed E-state index contributed by atoms with van der Waals surface area (Å²) in [5.41, 5.74) is 1.33. The normalized spacial score (nSPS) is 15.1. The van der Waals surface area contributed by atoms with Crippen molar-refractivity contribution in [1.29, 1.82) is 0 Å². The minimum absolute atomic E-state index is 0.0688. The van der Waals surface area contributed by atoms with Crippen LogP contribution in [-0.4, -0.2) is 37.3 Å². The first-order valence-corrected chi connectivity index (χ1v) is 11.2. The van der Waals surface area contributed by atoms with Crippen molar-refractivity contribution in [2.24, 2.45) is 7.05 Å². The van der Waals surface area contributed by atoms with Crippen LogP contribution in [-0.2, 0) is 16.6 Å². The largest absolute Gasteiger partial charge is 0.481 e. The molecule has 1 aliphatic rings. The maximum atomic E-state index is 14.3. The van der Waals surface area contributed by atoms with E-state index in [2.05, 4.69) is 0 Å². The molecule has 1 N–H and O–H groups in total. The third-order valence-corrected chi connectivity index (χ3v) is 6.49. The van der Waals surface area contributed by atoms with Gasteiger partial charge in [-0.3, -0.25) is 14.5 Å². The SMILES string of the molecule is Cn1c(Oc2ccc(F)cc2F)c(C=C2SC(=S)N(CCCC(=O)O)C2=O)c2ccccc21. The van der Waals surface area contributed by atoms with Crippen molar-refractivity contribution in [3.05, 3.63) is 64.6 Å². The highest BCUT2D eigenvalue weighted by Gasteiger charge is 2.32. The van der Waals surface area contributed by atoms with E-state index in [1.165, 1.54) is 11.0 Å². The molecule has 0 bridgehead atoms. The van der Waals surface area contributed by atoms with E-state index in [1.54, 1.807) is 17.7 Å². The third-order valence-electron chi connectivity index (χ3n) is 5.11. The number of benzene rings is 2. The number of thioether (sulfide) groups is 1. The molecule has 10 heteroatoms. The Hall–Kier alpha value is -3.24. The van der Waals surface area contributed by atoms with Gasteiger partial charge in [0, 0.05) is 37.0 Å². The smallest absolute Gasteiger partial charge is 0.303 e. The highest BCUT2D eigenvalue weighted by molar-refractivity contribution is 8.26. The number of aryl methyl sites for hydroxylation is 1. The maximum absolute atomic E-state index is 14.3. The Labute approximate surface area is 197 Å². The maximum Gasteiger partial charge on any atom is 0.303 e. The first kappa shape index (κ1) is 22.9. The van der Waals surface area contributed by atoms with Crippen LogP contribution in [0.5, 0.6) is 11.6 Å². The number of carboxylic acids is 1. The Kier molecular flexibility index (Phi) is 6.48. The van der Waals surface area contributed by atoms with E-state index in [9.17, 15) is 18.4 Å². The van der Waals surface area contributed by atoms with Gasteiger partial charge in [0.1, 0.15) is 10.1 Å². The number of fused-ring (bicyclic) bond motifs is 1. The number of nitrogens with zero attached hydrogens (tertiary/aromatic N) is 2. The van der Waals surface area contributed by atoms with Crippen molar-refractivity contribution >= 4 is 57.2 Å². The van der Waals surface area contributed by atoms with Crippen LogP contribution < -0.4 is 4.74 Å². The lowest BCUT2D eigenvalue weighted by molar-refractivity contribution is -0.137. The van der Waals surface area contributed by atoms with Crippen LogP contribution in [0.25, 0.3) is 17.0 Å². The zero-order valence-corrected chi connectivity index (χ0v) is 19.0. The molecular formula is C23H18F2N2O4S2. The highest BCUT2D eigenvalue weighted by Crippen LogP contribution is 2.40. The molecular weight excluding hydrogens is 470 g/mol. The van der Waals surface area contributed by atoms with E-state index in [4.69, 9.17) is 22.1 Å². The number of aromatic nitrogens is 1. The van der Waals surface area contributed by atoms with E-state index in [1.807, 2.05) is 24.3 Å². The summed E-state index contributed by atoms with van der Waals surface area (Å²) < 4.78 is 35.5. The van der Waals surface area contributed by atoms with Gasteiger partial charge >= 0.3 is 5.97 Å². The third kappa shape index (κ3) is 4.62. The predicted molar refractivity (Wildman–Crippen MR) is 126 cm³/mol. The second-order valence-corrected chi connectivity index (χ2v) is 8.98. The highest BCUT2D eigenvalue weighted by atomic mass is 32.2. The van der Waals surface area contributed by atoms with Crippen molar-refractivity contribution in [3.8, 4) is 11.6 Å². The Morgan fingerprint density at radius 2 is 2.00 bits per heavy atom. The summed E-state index contributed by atoms with van der Waals surface area (Å²) in [5, 5.41) is 9.61. The summed E-state index contributed by atoms with van der Waals surface area (Å²) in [6.07, 6.45) is 1.85. The number of carboxylic acid groups (broad SMARTS) is 1. The van der Waals surface area contributed by atoms with Gasteiger partial charge in [-0.15, -0.1) is 0 Å². The standard InChI is InChI=1S/C23H18F2N2O4S2/c1-26-17-6-3-2-5-14(17)15(22(26)31-18-9-8-13(24)11-16(18)25)12-19-21(30)27(23(32)33-19)10-4-7-20(28)29/h2-3,5-6,8-9,11-12H,4,7,10H2,1H3,(H,28,29). The molecule has 1 fully saturated rings. The quantitative estimate of drug-likeness (QED) is 0.359. The monoisotopic (exact) mass is 488 g/mol. The molecule has 2 aromatic carbocycles. The fourth-order valence-electron chi connectivity index (χ4n) is 3.54. The number of para-hydroxylation sites is 1. The van der Waals surface area contributed by atoms with Crippen LogP contribution in [0.15, 0.2) is 47.4 Å². The number of halogens is 2. The van der Waals surface area contributed by atoms with Gasteiger partial charge in [-0.05, 0) is 30.7 Å². The van der Waals surface area contributed by atoms with E-state index in [0.717, 1.165) is 34.8 Å². The van der Waals surface area contributed by atoms with Gasteiger partial charge in [-0.25, -0.2) is 8.78 Å². The van der Waals surface area contributed by atoms with Gasteiger partial charge < -0.3 is 14.4 Å². The van der Waals surface area contributed by atoms with Gasteiger partial charge in [-0.1, -0.05) is 42.2 Å². The number of ether oxygens (including phenoxy) is 1. The van der Waals surface area contributed by atoms with Crippen molar-refractivity contribution in [3.63, 3.8) is 0 Å². The fraction of sp³-hybridized carbons (Fsp3) is 0.174. The minimum atomic E-state index is -0.943. The van der Waals surface area contributed by atoms with Crippen LogP contribution in [0.4, 0.5) is 8.78 Å². The van der Waals surface area contributed by atoms with Gasteiger partial charge in [0.25, 0.3) is 5.91 Å². The van der Waals surface area contributed by atoms with Crippen molar-refractivity contribution < 1.29 is 28.2 Å². The molecule has 1 aromatic heterocycles. The molecule has 0 radical (unpaired) electrons. The number of carbonyl (C=O) groups excluding carboxylic acids is 1. The van der Waals surface area contributed by atoms with E-state index < -0.39 is 17.6 Å².